The van der Waals surface area contributed by atoms with Gasteiger partial charge in [-0.05, 0) is 23.6 Å². The number of rotatable bonds is 5. The molecule has 0 aliphatic heterocycles. The van der Waals surface area contributed by atoms with Gasteiger partial charge in [0.05, 0.1) is 0 Å². The summed E-state index contributed by atoms with van der Waals surface area (Å²) in [5.41, 5.74) is 0.705. The molecule has 0 radical (unpaired) electrons. The number of ketones is 1. The molecule has 0 amide bonds. The van der Waals surface area contributed by atoms with Crippen LogP contribution >= 0.6 is 11.6 Å². The highest BCUT2D eigenvalue weighted by molar-refractivity contribution is 6.31. The van der Waals surface area contributed by atoms with E-state index in [0.717, 1.165) is 6.42 Å². The van der Waals surface area contributed by atoms with Crippen molar-refractivity contribution in [2.45, 2.75) is 33.1 Å². The molecule has 1 aromatic carbocycles. The van der Waals surface area contributed by atoms with E-state index in [9.17, 15) is 9.18 Å². The highest BCUT2D eigenvalue weighted by Gasteiger charge is 2.10. The summed E-state index contributed by atoms with van der Waals surface area (Å²) < 4.78 is 12.8. The summed E-state index contributed by atoms with van der Waals surface area (Å²) in [5.74, 6) is 0.178. The van der Waals surface area contributed by atoms with Crippen molar-refractivity contribution in [3.8, 4) is 0 Å². The van der Waals surface area contributed by atoms with Gasteiger partial charge in [0.1, 0.15) is 11.6 Å². The summed E-state index contributed by atoms with van der Waals surface area (Å²) in [6, 6.07) is 4.15. The van der Waals surface area contributed by atoms with Crippen molar-refractivity contribution in [2.24, 2.45) is 5.92 Å². The van der Waals surface area contributed by atoms with Crippen molar-refractivity contribution in [1.29, 1.82) is 0 Å². The molecule has 0 spiro atoms. The van der Waals surface area contributed by atoms with Crippen molar-refractivity contribution in [3.05, 3.63) is 34.6 Å². The summed E-state index contributed by atoms with van der Waals surface area (Å²) in [7, 11) is 0. The third-order valence-corrected chi connectivity index (χ3v) is 3.03. The maximum Gasteiger partial charge on any atom is 0.137 e. The molecule has 0 bridgehead atoms. The second-order valence-corrected chi connectivity index (χ2v) is 4.58. The molecule has 0 saturated carbocycles. The third-order valence-electron chi connectivity index (χ3n) is 2.68. The number of hydrogen-bond donors (Lipinski definition) is 0. The zero-order valence-corrected chi connectivity index (χ0v) is 10.4. The maximum atomic E-state index is 12.8. The molecule has 0 fully saturated rings. The average Bonchev–Trinajstić information content (AvgIpc) is 2.22. The third kappa shape index (κ3) is 3.93. The van der Waals surface area contributed by atoms with Crippen LogP contribution in [0, 0.1) is 11.7 Å². The number of carbonyl (C=O) groups is 1. The van der Waals surface area contributed by atoms with Gasteiger partial charge in [-0.3, -0.25) is 4.79 Å². The molecular weight excluding hydrogens is 227 g/mol. The molecule has 16 heavy (non-hydrogen) atoms. The first kappa shape index (κ1) is 13.2. The Kier molecular flexibility index (Phi) is 4.94. The largest absolute Gasteiger partial charge is 0.299 e. The van der Waals surface area contributed by atoms with E-state index in [1.54, 1.807) is 6.07 Å². The van der Waals surface area contributed by atoms with Crippen molar-refractivity contribution in [2.75, 3.05) is 0 Å². The standard InChI is InChI=1S/C13H16ClFO/c1-3-9(2)6-12(16)7-10-4-5-11(15)8-13(10)14/h4-5,8-9H,3,6-7H2,1-2H3. The van der Waals surface area contributed by atoms with Crippen LogP contribution in [0.5, 0.6) is 0 Å². The van der Waals surface area contributed by atoms with E-state index >= 15 is 0 Å². The Morgan fingerprint density at radius 1 is 1.50 bits per heavy atom. The Morgan fingerprint density at radius 2 is 2.19 bits per heavy atom. The van der Waals surface area contributed by atoms with E-state index in [4.69, 9.17) is 11.6 Å². The summed E-state index contributed by atoms with van der Waals surface area (Å²) in [4.78, 5) is 11.7. The molecule has 1 atom stereocenters. The quantitative estimate of drug-likeness (QED) is 0.762. The topological polar surface area (TPSA) is 17.1 Å². The minimum Gasteiger partial charge on any atom is -0.299 e. The highest BCUT2D eigenvalue weighted by atomic mass is 35.5. The number of benzene rings is 1. The van der Waals surface area contributed by atoms with E-state index in [1.807, 2.05) is 6.92 Å². The van der Waals surface area contributed by atoms with Crippen molar-refractivity contribution in [1.82, 2.24) is 0 Å². The van der Waals surface area contributed by atoms with E-state index in [0.29, 0.717) is 29.3 Å². The molecule has 1 nitrogen and oxygen atoms in total. The van der Waals surface area contributed by atoms with Crippen molar-refractivity contribution >= 4 is 17.4 Å². The Balaban J connectivity index is 2.63. The van der Waals surface area contributed by atoms with Crippen molar-refractivity contribution in [3.63, 3.8) is 0 Å². The van der Waals surface area contributed by atoms with Gasteiger partial charge in [-0.25, -0.2) is 4.39 Å². The molecule has 1 rings (SSSR count). The minimum absolute atomic E-state index is 0.155. The van der Waals surface area contributed by atoms with Crippen LogP contribution in [0.15, 0.2) is 18.2 Å². The lowest BCUT2D eigenvalue weighted by atomic mass is 9.98. The van der Waals surface area contributed by atoms with Gasteiger partial charge in [-0.15, -0.1) is 0 Å². The molecule has 0 saturated heterocycles. The van der Waals surface area contributed by atoms with E-state index in [1.165, 1.54) is 12.1 Å². The molecule has 1 aromatic rings. The van der Waals surface area contributed by atoms with E-state index in [2.05, 4.69) is 6.92 Å². The highest BCUT2D eigenvalue weighted by Crippen LogP contribution is 2.19. The molecule has 0 aliphatic rings. The molecular formula is C13H16ClFO. The molecule has 0 aliphatic carbocycles. The fraction of sp³-hybridized carbons (Fsp3) is 0.462. The van der Waals surface area contributed by atoms with Crippen LogP contribution in [-0.2, 0) is 11.2 Å². The van der Waals surface area contributed by atoms with E-state index < -0.39 is 0 Å². The second kappa shape index (κ2) is 6.00. The number of Topliss-reactive ketones (excluding diaryl/α,β-unsaturated/α-hetero) is 1. The van der Waals surface area contributed by atoms with Gasteiger partial charge < -0.3 is 0 Å². The molecule has 1 unspecified atom stereocenters. The Bertz CT molecular complexity index is 376. The number of hydrogen-bond acceptors (Lipinski definition) is 1. The smallest absolute Gasteiger partial charge is 0.137 e. The molecule has 0 aromatic heterocycles. The predicted octanol–water partition coefficient (Wildman–Crippen LogP) is 4.03. The number of halogens is 2. The molecule has 0 N–H and O–H groups in total. The zero-order valence-electron chi connectivity index (χ0n) is 9.59. The zero-order chi connectivity index (χ0) is 12.1. The van der Waals surface area contributed by atoms with Crippen LogP contribution in [-0.4, -0.2) is 5.78 Å². The van der Waals surface area contributed by atoms with Gasteiger partial charge in [0.15, 0.2) is 0 Å². The Morgan fingerprint density at radius 3 is 2.75 bits per heavy atom. The summed E-state index contributed by atoms with van der Waals surface area (Å²) in [6.07, 6.45) is 1.84. The summed E-state index contributed by atoms with van der Waals surface area (Å²) >= 11 is 5.85. The Labute approximate surface area is 101 Å². The van der Waals surface area contributed by atoms with Gasteiger partial charge in [0.25, 0.3) is 0 Å². The van der Waals surface area contributed by atoms with Gasteiger partial charge >= 0.3 is 0 Å². The minimum atomic E-state index is -0.372. The first-order valence-corrected chi connectivity index (χ1v) is 5.86. The lowest BCUT2D eigenvalue weighted by Gasteiger charge is -2.08. The Hall–Kier alpha value is -0.890. The normalized spacial score (nSPS) is 12.5. The van der Waals surface area contributed by atoms with Gasteiger partial charge in [-0.1, -0.05) is 37.9 Å². The van der Waals surface area contributed by atoms with Gasteiger partial charge in [-0.2, -0.15) is 0 Å². The number of carbonyl (C=O) groups excluding carboxylic acids is 1. The van der Waals surface area contributed by atoms with Crippen LogP contribution in [0.25, 0.3) is 0 Å². The van der Waals surface area contributed by atoms with Gasteiger partial charge in [0.2, 0.25) is 0 Å². The van der Waals surface area contributed by atoms with Crippen LogP contribution in [0.2, 0.25) is 5.02 Å². The monoisotopic (exact) mass is 242 g/mol. The van der Waals surface area contributed by atoms with Crippen LogP contribution in [0.3, 0.4) is 0 Å². The van der Waals surface area contributed by atoms with Gasteiger partial charge in [0, 0.05) is 17.9 Å². The lowest BCUT2D eigenvalue weighted by molar-refractivity contribution is -0.119. The summed E-state index contributed by atoms with van der Waals surface area (Å²) in [6.45, 7) is 4.10. The first-order valence-electron chi connectivity index (χ1n) is 5.48. The SMILES string of the molecule is CCC(C)CC(=O)Cc1ccc(F)cc1Cl. The predicted molar refractivity (Wildman–Crippen MR) is 64.2 cm³/mol. The molecule has 0 heterocycles. The lowest BCUT2D eigenvalue weighted by Crippen LogP contribution is -2.08. The fourth-order valence-corrected chi connectivity index (χ4v) is 1.72. The molecule has 88 valence electrons. The van der Waals surface area contributed by atoms with Crippen LogP contribution < -0.4 is 0 Å². The molecule has 3 heteroatoms. The van der Waals surface area contributed by atoms with Crippen molar-refractivity contribution < 1.29 is 9.18 Å². The van der Waals surface area contributed by atoms with E-state index in [-0.39, 0.29) is 11.6 Å². The van der Waals surface area contributed by atoms with Crippen LogP contribution in [0.1, 0.15) is 32.3 Å². The van der Waals surface area contributed by atoms with Crippen LogP contribution in [0.4, 0.5) is 4.39 Å². The maximum absolute atomic E-state index is 12.8. The first-order chi connectivity index (χ1) is 7.52. The second-order valence-electron chi connectivity index (χ2n) is 4.17. The average molecular weight is 243 g/mol. The summed E-state index contributed by atoms with van der Waals surface area (Å²) in [5, 5.41) is 0.331. The fourth-order valence-electron chi connectivity index (χ4n) is 1.48.